The van der Waals surface area contributed by atoms with Crippen LogP contribution in [-0.4, -0.2) is 33.0 Å². The average molecular weight is 307 g/mol. The van der Waals surface area contributed by atoms with Crippen molar-refractivity contribution in [2.45, 2.75) is 49.3 Å². The van der Waals surface area contributed by atoms with Crippen LogP contribution in [-0.2, 0) is 16.3 Å². The molecule has 0 saturated heterocycles. The first-order valence-corrected chi connectivity index (χ1v) is 9.90. The van der Waals surface area contributed by atoms with Crippen LogP contribution < -0.4 is 5.32 Å². The molecule has 0 aliphatic heterocycles. The van der Waals surface area contributed by atoms with Gasteiger partial charge in [0.15, 0.2) is 0 Å². The van der Waals surface area contributed by atoms with Crippen molar-refractivity contribution in [2.75, 3.05) is 13.3 Å². The van der Waals surface area contributed by atoms with Gasteiger partial charge in [-0.3, -0.25) is 0 Å². The van der Waals surface area contributed by atoms with E-state index in [1.54, 1.807) is 0 Å². The van der Waals surface area contributed by atoms with E-state index in [1.807, 2.05) is 7.05 Å². The maximum Gasteiger partial charge on any atom is 0.150 e. The molecule has 2 aliphatic rings. The predicted molar refractivity (Wildman–Crippen MR) is 86.3 cm³/mol. The molecule has 1 saturated carbocycles. The number of hydrogen-bond acceptors (Lipinski definition) is 3. The van der Waals surface area contributed by atoms with Gasteiger partial charge in [-0.1, -0.05) is 30.7 Å². The van der Waals surface area contributed by atoms with Crippen molar-refractivity contribution in [3.63, 3.8) is 0 Å². The second kappa shape index (κ2) is 5.73. The molecule has 116 valence electrons. The molecule has 1 aromatic carbocycles. The van der Waals surface area contributed by atoms with Gasteiger partial charge in [0.05, 0.1) is 5.25 Å². The average Bonchev–Trinajstić information content (AvgIpc) is 2.44. The molecule has 1 aromatic rings. The van der Waals surface area contributed by atoms with Crippen molar-refractivity contribution < 1.29 is 8.42 Å². The smallest absolute Gasteiger partial charge is 0.150 e. The van der Waals surface area contributed by atoms with Gasteiger partial charge in [-0.25, -0.2) is 8.42 Å². The van der Waals surface area contributed by atoms with Gasteiger partial charge in [0.1, 0.15) is 9.84 Å². The number of fused-ring (bicyclic) bond motifs is 1. The molecule has 1 N–H and O–H groups in total. The zero-order chi connectivity index (χ0) is 15.0. The molecule has 2 aliphatic carbocycles. The quantitative estimate of drug-likeness (QED) is 0.930. The summed E-state index contributed by atoms with van der Waals surface area (Å²) in [6.07, 6.45) is 6.37. The highest BCUT2D eigenvalue weighted by Gasteiger charge is 2.39. The molecule has 4 atom stereocenters. The Balaban J connectivity index is 1.76. The van der Waals surface area contributed by atoms with E-state index in [-0.39, 0.29) is 5.25 Å². The van der Waals surface area contributed by atoms with E-state index in [0.717, 1.165) is 32.1 Å². The second-order valence-corrected chi connectivity index (χ2v) is 9.03. The van der Waals surface area contributed by atoms with Crippen LogP contribution in [0.5, 0.6) is 0 Å². The summed E-state index contributed by atoms with van der Waals surface area (Å²) < 4.78 is 23.7. The fourth-order valence-electron chi connectivity index (χ4n) is 4.28. The largest absolute Gasteiger partial charge is 0.316 e. The molecule has 4 heteroatoms. The number of benzene rings is 1. The van der Waals surface area contributed by atoms with Gasteiger partial charge in [-0.15, -0.1) is 0 Å². The fourth-order valence-corrected chi connectivity index (χ4v) is 5.47. The van der Waals surface area contributed by atoms with Crippen molar-refractivity contribution in [3.05, 3.63) is 35.4 Å². The van der Waals surface area contributed by atoms with Gasteiger partial charge in [0.2, 0.25) is 0 Å². The number of hydrogen-bond donors (Lipinski definition) is 1. The maximum absolute atomic E-state index is 11.9. The Morgan fingerprint density at radius 1 is 1.24 bits per heavy atom. The number of nitrogens with one attached hydrogen (secondary N) is 1. The molecule has 0 radical (unpaired) electrons. The van der Waals surface area contributed by atoms with Crippen molar-refractivity contribution in [1.29, 1.82) is 0 Å². The van der Waals surface area contributed by atoms with Gasteiger partial charge in [0.25, 0.3) is 0 Å². The maximum atomic E-state index is 11.9. The second-order valence-electron chi connectivity index (χ2n) is 6.70. The summed E-state index contributed by atoms with van der Waals surface area (Å²) in [5.41, 5.74) is 2.91. The third-order valence-corrected chi connectivity index (χ3v) is 7.08. The first-order valence-electron chi connectivity index (χ1n) is 7.94. The van der Waals surface area contributed by atoms with Crippen molar-refractivity contribution in [3.8, 4) is 0 Å². The van der Waals surface area contributed by atoms with E-state index < -0.39 is 9.84 Å². The Kier molecular flexibility index (Phi) is 4.10. The summed E-state index contributed by atoms with van der Waals surface area (Å²) in [4.78, 5) is 0. The van der Waals surface area contributed by atoms with E-state index in [4.69, 9.17) is 0 Å². The normalized spacial score (nSPS) is 30.3. The van der Waals surface area contributed by atoms with Crippen molar-refractivity contribution >= 4 is 9.84 Å². The highest BCUT2D eigenvalue weighted by Crippen LogP contribution is 2.43. The molecular weight excluding hydrogens is 282 g/mol. The van der Waals surface area contributed by atoms with Crippen LogP contribution in [0.1, 0.15) is 42.7 Å². The lowest BCUT2D eigenvalue weighted by Crippen LogP contribution is -2.46. The molecule has 0 amide bonds. The third-order valence-electron chi connectivity index (χ3n) is 5.44. The van der Waals surface area contributed by atoms with Gasteiger partial charge in [0, 0.05) is 18.2 Å². The van der Waals surface area contributed by atoms with E-state index in [2.05, 4.69) is 29.6 Å². The Labute approximate surface area is 128 Å². The van der Waals surface area contributed by atoms with Crippen LogP contribution in [0.25, 0.3) is 0 Å². The Hall–Kier alpha value is -0.870. The zero-order valence-electron chi connectivity index (χ0n) is 12.9. The third kappa shape index (κ3) is 2.88. The summed E-state index contributed by atoms with van der Waals surface area (Å²) >= 11 is 0. The predicted octanol–water partition coefficient (Wildman–Crippen LogP) is 2.52. The lowest BCUT2D eigenvalue weighted by atomic mass is 9.67. The van der Waals surface area contributed by atoms with Gasteiger partial charge >= 0.3 is 0 Å². The Morgan fingerprint density at radius 3 is 2.67 bits per heavy atom. The van der Waals surface area contributed by atoms with Gasteiger partial charge < -0.3 is 5.32 Å². The molecule has 4 unspecified atom stereocenters. The monoisotopic (exact) mass is 307 g/mol. The first kappa shape index (κ1) is 15.0. The summed E-state index contributed by atoms with van der Waals surface area (Å²) in [5, 5.41) is 3.36. The van der Waals surface area contributed by atoms with Crippen LogP contribution in [0.4, 0.5) is 0 Å². The molecule has 3 nitrogen and oxygen atoms in total. The van der Waals surface area contributed by atoms with Crippen LogP contribution >= 0.6 is 0 Å². The topological polar surface area (TPSA) is 46.2 Å². The van der Waals surface area contributed by atoms with E-state index in [0.29, 0.717) is 17.9 Å². The Morgan fingerprint density at radius 2 is 2.00 bits per heavy atom. The number of likely N-dealkylation sites (N-methyl/N-ethyl adjacent to an activating group) is 1. The Bertz CT molecular complexity index is 611. The SMILES string of the molecule is CNC(C1CCCC(S(C)(=O)=O)C1)C1Cc2ccccc21. The molecule has 0 bridgehead atoms. The molecule has 1 fully saturated rings. The molecule has 21 heavy (non-hydrogen) atoms. The first-order chi connectivity index (χ1) is 10.0. The van der Waals surface area contributed by atoms with Crippen molar-refractivity contribution in [1.82, 2.24) is 5.32 Å². The zero-order valence-corrected chi connectivity index (χ0v) is 13.7. The van der Waals surface area contributed by atoms with Gasteiger partial charge in [-0.2, -0.15) is 0 Å². The summed E-state index contributed by atoms with van der Waals surface area (Å²) in [7, 11) is -0.880. The standard InChI is InChI=1S/C17H25NO2S/c1-18-17(16-11-12-6-3-4-9-15(12)16)13-7-5-8-14(10-13)21(2,19)20/h3-4,6,9,13-14,16-18H,5,7-8,10-11H2,1-2H3. The number of sulfone groups is 1. The highest BCUT2D eigenvalue weighted by molar-refractivity contribution is 7.91. The summed E-state index contributed by atoms with van der Waals surface area (Å²) in [6.45, 7) is 0. The van der Waals surface area contributed by atoms with Gasteiger partial charge in [-0.05, 0) is 49.8 Å². The van der Waals surface area contributed by atoms with Crippen LogP contribution in [0.15, 0.2) is 24.3 Å². The molecular formula is C17H25NO2S. The molecule has 0 spiro atoms. The van der Waals surface area contributed by atoms with E-state index in [9.17, 15) is 8.42 Å². The fraction of sp³-hybridized carbons (Fsp3) is 0.647. The lowest BCUT2D eigenvalue weighted by molar-refractivity contribution is 0.239. The van der Waals surface area contributed by atoms with E-state index >= 15 is 0 Å². The van der Waals surface area contributed by atoms with Crippen LogP contribution in [0.2, 0.25) is 0 Å². The molecule has 0 heterocycles. The molecule has 3 rings (SSSR count). The summed E-state index contributed by atoms with van der Waals surface area (Å²) in [6, 6.07) is 9.05. The summed E-state index contributed by atoms with van der Waals surface area (Å²) in [5.74, 6) is 1.02. The highest BCUT2D eigenvalue weighted by atomic mass is 32.2. The molecule has 0 aromatic heterocycles. The number of rotatable bonds is 4. The van der Waals surface area contributed by atoms with E-state index in [1.165, 1.54) is 17.4 Å². The lowest BCUT2D eigenvalue weighted by Gasteiger charge is -2.43. The van der Waals surface area contributed by atoms with Crippen LogP contribution in [0, 0.1) is 5.92 Å². The van der Waals surface area contributed by atoms with Crippen molar-refractivity contribution in [2.24, 2.45) is 5.92 Å². The minimum atomic E-state index is -2.90. The minimum Gasteiger partial charge on any atom is -0.316 e. The minimum absolute atomic E-state index is 0.137. The van der Waals surface area contributed by atoms with Crippen LogP contribution in [0.3, 0.4) is 0 Å².